The average Bonchev–Trinajstić information content (AvgIpc) is 1.37. The van der Waals surface area contributed by atoms with Crippen molar-refractivity contribution in [1.82, 2.24) is 4.98 Å². The summed E-state index contributed by atoms with van der Waals surface area (Å²) in [7, 11) is 2.17. The Morgan fingerprint density at radius 3 is 1.80 bits per heavy atom. The minimum absolute atomic E-state index is 0. The van der Waals surface area contributed by atoms with Gasteiger partial charge in [0.2, 0.25) is 0 Å². The van der Waals surface area contributed by atoms with Crippen molar-refractivity contribution >= 4 is 9.68 Å². The molecule has 0 saturated heterocycles. The van der Waals surface area contributed by atoms with Gasteiger partial charge in [0, 0.05) is 0 Å². The minimum Gasteiger partial charge on any atom is -0.345 e. The van der Waals surface area contributed by atoms with E-state index in [2.05, 4.69) is 11.5 Å². The molecule has 0 radical (unpaired) electrons. The molecule has 0 heterocycles. The van der Waals surface area contributed by atoms with Crippen molar-refractivity contribution in [2.75, 3.05) is 7.05 Å². The van der Waals surface area contributed by atoms with Gasteiger partial charge in [0.25, 0.3) is 0 Å². The van der Waals surface area contributed by atoms with Crippen LogP contribution in [0.2, 0.25) is 6.55 Å². The van der Waals surface area contributed by atoms with E-state index in [0.717, 1.165) is 0 Å². The zero-order chi connectivity index (χ0) is 3.41. The van der Waals surface area contributed by atoms with Crippen LogP contribution < -0.4 is 4.98 Å². The fourth-order valence-corrected chi connectivity index (χ4v) is 0. The molecule has 1 nitrogen and oxygen atoms in total. The van der Waals surface area contributed by atoms with Crippen molar-refractivity contribution in [3.05, 3.63) is 0 Å². The van der Waals surface area contributed by atoms with E-state index in [0.29, 0.717) is 0 Å². The molecule has 0 aliphatic heterocycles. The molecule has 5 heavy (non-hydrogen) atoms. The molecule has 0 rings (SSSR count). The van der Waals surface area contributed by atoms with Crippen LogP contribution in [0.4, 0.5) is 0 Å². The highest BCUT2D eigenvalue weighted by molar-refractivity contribution is 6.29. The van der Waals surface area contributed by atoms with Gasteiger partial charge < -0.3 is 4.98 Å². The van der Waals surface area contributed by atoms with Gasteiger partial charge in [0.05, 0.1) is 9.68 Å². The fraction of sp³-hybridized carbons (Fsp3) is 1.00. The van der Waals surface area contributed by atoms with Gasteiger partial charge in [-0.25, -0.2) is 0 Å². The van der Waals surface area contributed by atoms with Crippen LogP contribution in [0.15, 0.2) is 0 Å². The number of nitrogens with one attached hydrogen (secondary N) is 1. The van der Waals surface area contributed by atoms with E-state index >= 15 is 0 Å². The lowest BCUT2D eigenvalue weighted by atomic mass is 11.6. The molecule has 2 heteroatoms. The summed E-state index contributed by atoms with van der Waals surface area (Å²) in [6, 6.07) is 0. The summed E-state index contributed by atoms with van der Waals surface area (Å²) in [5.74, 6) is 0. The third-order valence-corrected chi connectivity index (χ3v) is 1.06. The molecule has 0 amide bonds. The molecule has 0 fully saturated rings. The lowest BCUT2D eigenvalue weighted by molar-refractivity contribution is 1.25. The summed E-state index contributed by atoms with van der Waals surface area (Å²) in [4.78, 5) is 3.07. The highest BCUT2D eigenvalue weighted by atomic mass is 28.2. The van der Waals surface area contributed by atoms with Gasteiger partial charge in [0.1, 0.15) is 0 Å². The topological polar surface area (TPSA) is 12.0 Å². The molecule has 1 N–H and O–H groups in total. The van der Waals surface area contributed by atoms with Gasteiger partial charge in [-0.05, 0) is 7.05 Å². The highest BCUT2D eigenvalue weighted by Crippen LogP contribution is 1.30. The van der Waals surface area contributed by atoms with Gasteiger partial charge in [-0.1, -0.05) is 14.0 Å². The van der Waals surface area contributed by atoms with Gasteiger partial charge in [-0.3, -0.25) is 0 Å². The van der Waals surface area contributed by atoms with E-state index < -0.39 is 0 Å². The zero-order valence-electron chi connectivity index (χ0n) is 3.21. The molecule has 0 unspecified atom stereocenters. The zero-order valence-corrected chi connectivity index (χ0v) is 4.62. The molecule has 0 aliphatic rings. The normalized spacial score (nSPS) is 8.40. The molecule has 0 aliphatic carbocycles. The van der Waals surface area contributed by atoms with E-state index in [1.165, 1.54) is 0 Å². The summed E-state index contributed by atoms with van der Waals surface area (Å²) in [5, 5.41) is 0. The molecule has 0 aromatic heterocycles. The van der Waals surface area contributed by atoms with E-state index in [-0.39, 0.29) is 17.1 Å². The molecule has 0 aromatic carbocycles. The third kappa shape index (κ3) is 14.3. The SMILES string of the molecule is C.CN[SiH2]C. The quantitative estimate of drug-likeness (QED) is 0.447. The maximum absolute atomic E-state index is 3.07. The van der Waals surface area contributed by atoms with E-state index in [9.17, 15) is 0 Å². The Hall–Kier alpha value is 0.177. The van der Waals surface area contributed by atoms with Crippen LogP contribution in [0.3, 0.4) is 0 Å². The largest absolute Gasteiger partial charge is 0.345 e. The predicted molar refractivity (Wildman–Crippen MR) is 30.2 cm³/mol. The second-order valence-electron chi connectivity index (χ2n) is 0.707. The second kappa shape index (κ2) is 8.90. The first kappa shape index (κ1) is 8.95. The minimum atomic E-state index is 0. The molecular weight excluding hydrogens is 78.1 g/mol. The maximum Gasteiger partial charge on any atom is 0.0882 e. The summed E-state index contributed by atoms with van der Waals surface area (Å²) in [5.41, 5.74) is 0. The smallest absolute Gasteiger partial charge is 0.0882 e. The Morgan fingerprint density at radius 2 is 1.80 bits per heavy atom. The monoisotopic (exact) mass is 91.1 g/mol. The van der Waals surface area contributed by atoms with Crippen molar-refractivity contribution in [1.29, 1.82) is 0 Å². The number of rotatable bonds is 1. The molecule has 0 aromatic rings. The Kier molecular flexibility index (Phi) is 15.9. The van der Waals surface area contributed by atoms with Crippen molar-refractivity contribution in [2.45, 2.75) is 14.0 Å². The van der Waals surface area contributed by atoms with Crippen molar-refractivity contribution in [3.8, 4) is 0 Å². The Morgan fingerprint density at radius 1 is 1.60 bits per heavy atom. The van der Waals surface area contributed by atoms with Crippen LogP contribution in [0, 0.1) is 0 Å². The van der Waals surface area contributed by atoms with E-state index in [1.807, 2.05) is 7.05 Å². The Bertz CT molecular complexity index is 8.85. The number of hydrogen-bond donors (Lipinski definition) is 1. The van der Waals surface area contributed by atoms with E-state index in [1.54, 1.807) is 0 Å². The maximum atomic E-state index is 3.07. The van der Waals surface area contributed by atoms with E-state index in [4.69, 9.17) is 0 Å². The van der Waals surface area contributed by atoms with Crippen molar-refractivity contribution < 1.29 is 0 Å². The van der Waals surface area contributed by atoms with Crippen LogP contribution in [0.25, 0.3) is 0 Å². The predicted octanol–water partition coefficient (Wildman–Crippen LogP) is -0.0262. The summed E-state index contributed by atoms with van der Waals surface area (Å²) in [6.45, 7) is 2.21. The van der Waals surface area contributed by atoms with Crippen molar-refractivity contribution in [2.24, 2.45) is 0 Å². The van der Waals surface area contributed by atoms with Gasteiger partial charge in [-0.15, -0.1) is 0 Å². The first-order valence-electron chi connectivity index (χ1n) is 1.56. The molecule has 0 saturated carbocycles. The number of hydrogen-bond acceptors (Lipinski definition) is 1. The summed E-state index contributed by atoms with van der Waals surface area (Å²) >= 11 is 0. The Labute approximate surface area is 36.7 Å². The van der Waals surface area contributed by atoms with Crippen LogP contribution in [-0.2, 0) is 0 Å². The van der Waals surface area contributed by atoms with Crippen molar-refractivity contribution in [3.63, 3.8) is 0 Å². The van der Waals surface area contributed by atoms with Crippen LogP contribution in [-0.4, -0.2) is 16.7 Å². The van der Waals surface area contributed by atoms with Crippen LogP contribution >= 0.6 is 0 Å². The third-order valence-electron chi connectivity index (χ3n) is 0.354. The average molecular weight is 91.2 g/mol. The van der Waals surface area contributed by atoms with Crippen LogP contribution in [0.1, 0.15) is 7.43 Å². The standard InChI is InChI=1S/C2H9NSi.CH4/c1-3-4-2;/h3H,4H2,1-2H3;1H4. The first-order chi connectivity index (χ1) is 1.91. The van der Waals surface area contributed by atoms with Crippen LogP contribution in [0.5, 0.6) is 0 Å². The summed E-state index contributed by atoms with van der Waals surface area (Å²) in [6.07, 6.45) is 0. The molecule has 34 valence electrons. The van der Waals surface area contributed by atoms with Gasteiger partial charge >= 0.3 is 0 Å². The molecular formula is C3H13NSi. The Balaban J connectivity index is 0. The molecule has 0 spiro atoms. The first-order valence-corrected chi connectivity index (χ1v) is 3.68. The second-order valence-corrected chi connectivity index (χ2v) is 2.12. The highest BCUT2D eigenvalue weighted by Gasteiger charge is 1.53. The lowest BCUT2D eigenvalue weighted by Gasteiger charge is -1.74. The summed E-state index contributed by atoms with van der Waals surface area (Å²) < 4.78 is 0. The molecule has 0 atom stereocenters. The van der Waals surface area contributed by atoms with Gasteiger partial charge in [-0.2, -0.15) is 0 Å². The fourth-order valence-electron chi connectivity index (χ4n) is 0. The van der Waals surface area contributed by atoms with Gasteiger partial charge in [0.15, 0.2) is 0 Å². The lowest BCUT2D eigenvalue weighted by Crippen LogP contribution is -2.06. The molecule has 0 bridgehead atoms.